The normalized spacial score (nSPS) is 19.9. The van der Waals surface area contributed by atoms with Crippen molar-refractivity contribution in [2.24, 2.45) is 0 Å². The van der Waals surface area contributed by atoms with E-state index in [1.807, 2.05) is 0 Å². The van der Waals surface area contributed by atoms with Crippen molar-refractivity contribution in [3.05, 3.63) is 29.8 Å². The Hall–Kier alpha value is -1.80. The minimum absolute atomic E-state index is 0.131. The van der Waals surface area contributed by atoms with Crippen molar-refractivity contribution >= 4 is 5.91 Å². The van der Waals surface area contributed by atoms with Crippen molar-refractivity contribution in [1.82, 2.24) is 10.6 Å². The molecule has 2 atom stereocenters. The van der Waals surface area contributed by atoms with Crippen LogP contribution in [-0.2, 0) is 9.53 Å². The highest BCUT2D eigenvalue weighted by atomic mass is 19.4. The molecule has 0 bridgehead atoms. The minimum Gasteiger partial charge on any atom is -0.484 e. The van der Waals surface area contributed by atoms with Gasteiger partial charge in [0.1, 0.15) is 11.8 Å². The van der Waals surface area contributed by atoms with Crippen molar-refractivity contribution in [1.29, 1.82) is 0 Å². The van der Waals surface area contributed by atoms with E-state index < -0.39 is 12.8 Å². The first-order valence-corrected chi connectivity index (χ1v) is 7.26. The number of hydrogen-bond acceptors (Lipinski definition) is 4. The molecule has 1 aliphatic rings. The van der Waals surface area contributed by atoms with Crippen LogP contribution in [0.2, 0.25) is 0 Å². The van der Waals surface area contributed by atoms with E-state index in [1.54, 1.807) is 19.1 Å². The van der Waals surface area contributed by atoms with Crippen LogP contribution < -0.4 is 15.4 Å². The summed E-state index contributed by atoms with van der Waals surface area (Å²) < 4.78 is 46.1. The molecule has 2 unspecified atom stereocenters. The first-order valence-electron chi connectivity index (χ1n) is 7.26. The molecular weight excluding hydrogens is 313 g/mol. The second-order valence-electron chi connectivity index (χ2n) is 5.28. The number of morpholine rings is 1. The van der Waals surface area contributed by atoms with Crippen molar-refractivity contribution < 1.29 is 27.4 Å². The zero-order chi connectivity index (χ0) is 16.9. The maximum absolute atomic E-state index is 12.1. The smallest absolute Gasteiger partial charge is 0.422 e. The number of carbonyl (C=O) groups excluding carboxylic acids is 1. The average molecular weight is 332 g/mol. The number of nitrogens with one attached hydrogen (secondary N) is 2. The van der Waals surface area contributed by atoms with Gasteiger partial charge in [0.05, 0.1) is 19.3 Å². The molecule has 0 spiro atoms. The molecule has 0 saturated carbocycles. The van der Waals surface area contributed by atoms with Gasteiger partial charge in [-0.2, -0.15) is 13.2 Å². The number of amides is 1. The Kier molecular flexibility index (Phi) is 5.84. The maximum Gasteiger partial charge on any atom is 0.422 e. The summed E-state index contributed by atoms with van der Waals surface area (Å²) >= 11 is 0. The number of benzene rings is 1. The highest BCUT2D eigenvalue weighted by molar-refractivity contribution is 5.82. The number of rotatable bonds is 5. The second-order valence-corrected chi connectivity index (χ2v) is 5.28. The first kappa shape index (κ1) is 17.6. The van der Waals surface area contributed by atoms with E-state index in [0.717, 1.165) is 5.56 Å². The summed E-state index contributed by atoms with van der Waals surface area (Å²) in [4.78, 5) is 12.1. The molecule has 0 radical (unpaired) electrons. The Labute approximate surface area is 132 Å². The number of carbonyl (C=O) groups is 1. The van der Waals surface area contributed by atoms with Crippen molar-refractivity contribution in [3.8, 4) is 5.75 Å². The third-order valence-electron chi connectivity index (χ3n) is 3.38. The maximum atomic E-state index is 12.1. The Bertz CT molecular complexity index is 514. The summed E-state index contributed by atoms with van der Waals surface area (Å²) in [5, 5.41) is 5.89. The lowest BCUT2D eigenvalue weighted by atomic mass is 10.1. The van der Waals surface area contributed by atoms with Crippen LogP contribution in [0.3, 0.4) is 0 Å². The zero-order valence-corrected chi connectivity index (χ0v) is 12.7. The van der Waals surface area contributed by atoms with Crippen LogP contribution in [0.4, 0.5) is 13.2 Å². The Balaban J connectivity index is 1.86. The molecule has 1 amide bonds. The van der Waals surface area contributed by atoms with Gasteiger partial charge >= 0.3 is 6.18 Å². The molecule has 2 N–H and O–H groups in total. The molecule has 1 aromatic rings. The fourth-order valence-electron chi connectivity index (χ4n) is 2.15. The van der Waals surface area contributed by atoms with Gasteiger partial charge in [0.15, 0.2) is 6.61 Å². The van der Waals surface area contributed by atoms with E-state index in [-0.39, 0.29) is 23.7 Å². The first-order chi connectivity index (χ1) is 10.8. The third-order valence-corrected chi connectivity index (χ3v) is 3.38. The van der Waals surface area contributed by atoms with Crippen LogP contribution >= 0.6 is 0 Å². The van der Waals surface area contributed by atoms with Crippen molar-refractivity contribution in [2.75, 3.05) is 26.4 Å². The van der Waals surface area contributed by atoms with E-state index in [4.69, 9.17) is 4.74 Å². The Morgan fingerprint density at radius 3 is 2.70 bits per heavy atom. The largest absolute Gasteiger partial charge is 0.484 e. The van der Waals surface area contributed by atoms with Gasteiger partial charge in [-0.3, -0.25) is 4.79 Å². The molecule has 0 aliphatic carbocycles. The van der Waals surface area contributed by atoms with Gasteiger partial charge in [0.2, 0.25) is 5.91 Å². The standard InChI is InChI=1S/C15H19F3N2O3/c1-10(20-14(21)13-8-22-7-6-19-13)11-2-4-12(5-3-11)23-9-15(16,17)18/h2-5,10,13,19H,6-9H2,1H3,(H,20,21). The van der Waals surface area contributed by atoms with Crippen LogP contribution in [0.25, 0.3) is 0 Å². The quantitative estimate of drug-likeness (QED) is 0.863. The highest BCUT2D eigenvalue weighted by Gasteiger charge is 2.28. The Morgan fingerprint density at radius 1 is 1.43 bits per heavy atom. The topological polar surface area (TPSA) is 59.6 Å². The predicted molar refractivity (Wildman–Crippen MR) is 77.2 cm³/mol. The number of hydrogen-bond donors (Lipinski definition) is 2. The predicted octanol–water partition coefficient (Wildman–Crippen LogP) is 1.79. The molecule has 1 aromatic carbocycles. The average Bonchev–Trinajstić information content (AvgIpc) is 2.53. The van der Waals surface area contributed by atoms with Gasteiger partial charge in [-0.1, -0.05) is 12.1 Å². The van der Waals surface area contributed by atoms with Gasteiger partial charge in [0.25, 0.3) is 0 Å². The molecule has 2 rings (SSSR count). The minimum atomic E-state index is -4.37. The molecule has 5 nitrogen and oxygen atoms in total. The lowest BCUT2D eigenvalue weighted by molar-refractivity contribution is -0.153. The van der Waals surface area contributed by atoms with Crippen LogP contribution in [0.15, 0.2) is 24.3 Å². The van der Waals surface area contributed by atoms with Gasteiger partial charge in [-0.15, -0.1) is 0 Å². The van der Waals surface area contributed by atoms with E-state index in [9.17, 15) is 18.0 Å². The number of ether oxygens (including phenoxy) is 2. The lowest BCUT2D eigenvalue weighted by Crippen LogP contribution is -2.51. The lowest BCUT2D eigenvalue weighted by Gasteiger charge is -2.25. The molecule has 8 heteroatoms. The van der Waals surface area contributed by atoms with E-state index in [1.165, 1.54) is 12.1 Å². The van der Waals surface area contributed by atoms with Gasteiger partial charge < -0.3 is 20.1 Å². The van der Waals surface area contributed by atoms with Crippen LogP contribution in [0.1, 0.15) is 18.5 Å². The fraction of sp³-hybridized carbons (Fsp3) is 0.533. The second kappa shape index (κ2) is 7.65. The third kappa shape index (κ3) is 5.72. The van der Waals surface area contributed by atoms with Gasteiger partial charge in [-0.25, -0.2) is 0 Å². The van der Waals surface area contributed by atoms with E-state index in [2.05, 4.69) is 15.4 Å². The van der Waals surface area contributed by atoms with Crippen LogP contribution in [0.5, 0.6) is 5.75 Å². The van der Waals surface area contributed by atoms with Crippen LogP contribution in [-0.4, -0.2) is 44.5 Å². The van der Waals surface area contributed by atoms with E-state index in [0.29, 0.717) is 19.8 Å². The summed E-state index contributed by atoms with van der Waals surface area (Å²) in [6, 6.07) is 5.49. The highest BCUT2D eigenvalue weighted by Crippen LogP contribution is 2.21. The summed E-state index contributed by atoms with van der Waals surface area (Å²) in [7, 11) is 0. The monoisotopic (exact) mass is 332 g/mol. The fourth-order valence-corrected chi connectivity index (χ4v) is 2.15. The molecule has 1 heterocycles. The van der Waals surface area contributed by atoms with Crippen molar-refractivity contribution in [2.45, 2.75) is 25.2 Å². The zero-order valence-electron chi connectivity index (χ0n) is 12.7. The molecule has 23 heavy (non-hydrogen) atoms. The molecule has 1 aliphatic heterocycles. The molecule has 1 saturated heterocycles. The molecule has 128 valence electrons. The Morgan fingerprint density at radius 2 is 2.13 bits per heavy atom. The summed E-state index contributed by atoms with van der Waals surface area (Å²) in [6.45, 7) is 2.00. The summed E-state index contributed by atoms with van der Waals surface area (Å²) in [5.41, 5.74) is 0.773. The SMILES string of the molecule is CC(NC(=O)C1COCCN1)c1ccc(OCC(F)(F)F)cc1. The molecule has 0 aromatic heterocycles. The molecular formula is C15H19F3N2O3. The van der Waals surface area contributed by atoms with Gasteiger partial charge in [-0.05, 0) is 24.6 Å². The van der Waals surface area contributed by atoms with Gasteiger partial charge in [0, 0.05) is 6.54 Å². The van der Waals surface area contributed by atoms with E-state index >= 15 is 0 Å². The molecule has 1 fully saturated rings. The number of alkyl halides is 3. The summed E-state index contributed by atoms with van der Waals surface area (Å²) in [6.07, 6.45) is -4.37. The number of halogens is 3. The van der Waals surface area contributed by atoms with Crippen molar-refractivity contribution in [3.63, 3.8) is 0 Å². The van der Waals surface area contributed by atoms with Crippen LogP contribution in [0, 0.1) is 0 Å². The summed E-state index contributed by atoms with van der Waals surface area (Å²) in [5.74, 6) is -0.0402.